The number of hydrogen-bond acceptors (Lipinski definition) is 1. The SMILES string of the molecule is CCCNC(C1CCCCC1)C1CCCCC1CC. The number of nitrogens with one attached hydrogen (secondary N) is 1. The minimum atomic E-state index is 0.838. The van der Waals surface area contributed by atoms with Gasteiger partial charge in [0, 0.05) is 6.04 Å². The number of rotatable bonds is 6. The molecule has 19 heavy (non-hydrogen) atoms. The summed E-state index contributed by atoms with van der Waals surface area (Å²) in [5.74, 6) is 2.97. The van der Waals surface area contributed by atoms with Crippen molar-refractivity contribution in [1.29, 1.82) is 0 Å². The van der Waals surface area contributed by atoms with Crippen LogP contribution in [0.3, 0.4) is 0 Å². The molecule has 2 rings (SSSR count). The Morgan fingerprint density at radius 3 is 2.26 bits per heavy atom. The molecule has 0 radical (unpaired) electrons. The van der Waals surface area contributed by atoms with Crippen molar-refractivity contribution in [3.63, 3.8) is 0 Å². The van der Waals surface area contributed by atoms with Gasteiger partial charge in [-0.25, -0.2) is 0 Å². The zero-order chi connectivity index (χ0) is 13.5. The third-order valence-electron chi connectivity index (χ3n) is 5.74. The summed E-state index contributed by atoms with van der Waals surface area (Å²) in [6.45, 7) is 5.96. The Morgan fingerprint density at radius 2 is 1.58 bits per heavy atom. The third-order valence-corrected chi connectivity index (χ3v) is 5.74. The fourth-order valence-electron chi connectivity index (χ4n) is 4.69. The van der Waals surface area contributed by atoms with E-state index in [1.54, 1.807) is 0 Å². The van der Waals surface area contributed by atoms with Gasteiger partial charge in [-0.3, -0.25) is 0 Å². The Hall–Kier alpha value is -0.0400. The van der Waals surface area contributed by atoms with Gasteiger partial charge in [-0.15, -0.1) is 0 Å². The van der Waals surface area contributed by atoms with Gasteiger partial charge in [0.25, 0.3) is 0 Å². The molecular weight excluding hydrogens is 230 g/mol. The molecule has 0 aromatic rings. The molecule has 0 aromatic carbocycles. The summed E-state index contributed by atoms with van der Waals surface area (Å²) >= 11 is 0. The Balaban J connectivity index is 2.01. The smallest absolute Gasteiger partial charge is 0.0126 e. The molecule has 2 saturated carbocycles. The minimum absolute atomic E-state index is 0.838. The van der Waals surface area contributed by atoms with Crippen LogP contribution >= 0.6 is 0 Å². The van der Waals surface area contributed by atoms with Crippen LogP contribution in [0.25, 0.3) is 0 Å². The molecule has 0 spiro atoms. The van der Waals surface area contributed by atoms with Crippen molar-refractivity contribution in [2.45, 2.75) is 90.5 Å². The molecule has 3 atom stereocenters. The second-order valence-corrected chi connectivity index (χ2v) is 6.99. The molecule has 2 fully saturated rings. The van der Waals surface area contributed by atoms with Crippen LogP contribution in [0.5, 0.6) is 0 Å². The predicted octanol–water partition coefficient (Wildman–Crippen LogP) is 5.15. The first kappa shape index (κ1) is 15.4. The van der Waals surface area contributed by atoms with Crippen LogP contribution in [0.1, 0.15) is 84.5 Å². The van der Waals surface area contributed by atoms with Crippen molar-refractivity contribution in [2.24, 2.45) is 17.8 Å². The van der Waals surface area contributed by atoms with E-state index in [0.717, 1.165) is 23.8 Å². The van der Waals surface area contributed by atoms with Gasteiger partial charge in [-0.1, -0.05) is 58.8 Å². The van der Waals surface area contributed by atoms with Gasteiger partial charge in [-0.2, -0.15) is 0 Å². The quantitative estimate of drug-likeness (QED) is 0.700. The first-order valence-electron chi connectivity index (χ1n) is 9.10. The largest absolute Gasteiger partial charge is 0.313 e. The molecular formula is C18H35N. The second kappa shape index (κ2) is 8.29. The number of hydrogen-bond donors (Lipinski definition) is 1. The molecule has 2 aliphatic rings. The van der Waals surface area contributed by atoms with Gasteiger partial charge in [0.05, 0.1) is 0 Å². The van der Waals surface area contributed by atoms with E-state index in [0.29, 0.717) is 0 Å². The highest BCUT2D eigenvalue weighted by Gasteiger charge is 2.35. The maximum atomic E-state index is 3.97. The summed E-state index contributed by atoms with van der Waals surface area (Å²) < 4.78 is 0. The molecule has 0 bridgehead atoms. The monoisotopic (exact) mass is 265 g/mol. The zero-order valence-corrected chi connectivity index (χ0v) is 13.3. The van der Waals surface area contributed by atoms with Crippen molar-refractivity contribution in [3.05, 3.63) is 0 Å². The summed E-state index contributed by atoms with van der Waals surface area (Å²) in [5, 5.41) is 3.97. The lowest BCUT2D eigenvalue weighted by molar-refractivity contribution is 0.118. The second-order valence-electron chi connectivity index (χ2n) is 6.99. The molecule has 0 aliphatic heterocycles. The van der Waals surface area contributed by atoms with Crippen molar-refractivity contribution in [2.75, 3.05) is 6.54 Å². The highest BCUT2D eigenvalue weighted by molar-refractivity contribution is 4.90. The maximum absolute atomic E-state index is 3.97. The van der Waals surface area contributed by atoms with Crippen LogP contribution in [0.4, 0.5) is 0 Å². The van der Waals surface area contributed by atoms with Gasteiger partial charge < -0.3 is 5.32 Å². The van der Waals surface area contributed by atoms with E-state index in [4.69, 9.17) is 0 Å². The summed E-state index contributed by atoms with van der Waals surface area (Å²) in [6.07, 6.45) is 16.1. The van der Waals surface area contributed by atoms with Crippen molar-refractivity contribution >= 4 is 0 Å². The average Bonchev–Trinajstić information content (AvgIpc) is 2.49. The van der Waals surface area contributed by atoms with E-state index in [9.17, 15) is 0 Å². The average molecular weight is 265 g/mol. The van der Waals surface area contributed by atoms with Crippen LogP contribution in [-0.2, 0) is 0 Å². The first-order valence-corrected chi connectivity index (χ1v) is 9.10. The van der Waals surface area contributed by atoms with Crippen LogP contribution in [0.2, 0.25) is 0 Å². The first-order chi connectivity index (χ1) is 9.36. The molecule has 0 aromatic heterocycles. The third kappa shape index (κ3) is 4.21. The fourth-order valence-corrected chi connectivity index (χ4v) is 4.69. The molecule has 1 heteroatoms. The van der Waals surface area contributed by atoms with E-state index in [1.165, 1.54) is 77.2 Å². The van der Waals surface area contributed by atoms with Crippen molar-refractivity contribution in [1.82, 2.24) is 5.32 Å². The van der Waals surface area contributed by atoms with Gasteiger partial charge in [-0.05, 0) is 50.0 Å². The summed E-state index contributed by atoms with van der Waals surface area (Å²) in [7, 11) is 0. The lowest BCUT2D eigenvalue weighted by atomic mass is 9.68. The molecule has 1 N–H and O–H groups in total. The molecule has 0 amide bonds. The van der Waals surface area contributed by atoms with Crippen molar-refractivity contribution in [3.8, 4) is 0 Å². The summed E-state index contributed by atoms with van der Waals surface area (Å²) in [4.78, 5) is 0. The van der Waals surface area contributed by atoms with Gasteiger partial charge >= 0.3 is 0 Å². The zero-order valence-electron chi connectivity index (χ0n) is 13.3. The molecule has 3 unspecified atom stereocenters. The molecule has 0 saturated heterocycles. The highest BCUT2D eigenvalue weighted by atomic mass is 14.9. The summed E-state index contributed by atoms with van der Waals surface area (Å²) in [6, 6.07) is 0.838. The lowest BCUT2D eigenvalue weighted by Crippen LogP contribution is -2.47. The molecule has 1 nitrogen and oxygen atoms in total. The Kier molecular flexibility index (Phi) is 6.70. The standard InChI is InChI=1S/C18H35N/c1-3-14-19-18(16-11-6-5-7-12-16)17-13-9-8-10-15(17)4-2/h15-19H,3-14H2,1-2H3. The Bertz CT molecular complexity index is 232. The van der Waals surface area contributed by atoms with Crippen LogP contribution in [0.15, 0.2) is 0 Å². The van der Waals surface area contributed by atoms with E-state index < -0.39 is 0 Å². The fraction of sp³-hybridized carbons (Fsp3) is 1.00. The van der Waals surface area contributed by atoms with Crippen LogP contribution in [-0.4, -0.2) is 12.6 Å². The molecule has 0 heterocycles. The highest BCUT2D eigenvalue weighted by Crippen LogP contribution is 2.40. The minimum Gasteiger partial charge on any atom is -0.313 e. The van der Waals surface area contributed by atoms with Gasteiger partial charge in [0.1, 0.15) is 0 Å². The lowest BCUT2D eigenvalue weighted by Gasteiger charge is -2.42. The van der Waals surface area contributed by atoms with Crippen LogP contribution in [0, 0.1) is 17.8 Å². The van der Waals surface area contributed by atoms with E-state index in [-0.39, 0.29) is 0 Å². The Labute approximate surface area is 120 Å². The van der Waals surface area contributed by atoms with Crippen molar-refractivity contribution < 1.29 is 0 Å². The molecule has 2 aliphatic carbocycles. The van der Waals surface area contributed by atoms with Crippen LogP contribution < -0.4 is 5.32 Å². The summed E-state index contributed by atoms with van der Waals surface area (Å²) in [5.41, 5.74) is 0. The van der Waals surface area contributed by atoms with E-state index >= 15 is 0 Å². The maximum Gasteiger partial charge on any atom is 0.0126 e. The van der Waals surface area contributed by atoms with Gasteiger partial charge in [0.15, 0.2) is 0 Å². The topological polar surface area (TPSA) is 12.0 Å². The molecule has 112 valence electrons. The predicted molar refractivity (Wildman–Crippen MR) is 84.4 cm³/mol. The Morgan fingerprint density at radius 1 is 0.895 bits per heavy atom. The van der Waals surface area contributed by atoms with Gasteiger partial charge in [0.2, 0.25) is 0 Å². The normalized spacial score (nSPS) is 31.3. The van der Waals surface area contributed by atoms with E-state index in [2.05, 4.69) is 19.2 Å². The van der Waals surface area contributed by atoms with E-state index in [1.807, 2.05) is 0 Å².